The Morgan fingerprint density at radius 1 is 1.22 bits per heavy atom. The van der Waals surface area contributed by atoms with E-state index in [4.69, 9.17) is 0 Å². The second-order valence-electron chi connectivity index (χ2n) is 7.39. The maximum absolute atomic E-state index is 12.5. The first-order chi connectivity index (χ1) is 13.1. The molecule has 0 radical (unpaired) electrons. The van der Waals surface area contributed by atoms with Crippen LogP contribution in [-0.2, 0) is 23.4 Å². The van der Waals surface area contributed by atoms with E-state index in [2.05, 4.69) is 21.9 Å². The van der Waals surface area contributed by atoms with Gasteiger partial charge in [0.05, 0.1) is 11.1 Å². The van der Waals surface area contributed by atoms with Gasteiger partial charge in [0.2, 0.25) is 5.91 Å². The van der Waals surface area contributed by atoms with E-state index >= 15 is 0 Å². The van der Waals surface area contributed by atoms with Crippen LogP contribution in [0.1, 0.15) is 35.5 Å². The summed E-state index contributed by atoms with van der Waals surface area (Å²) in [4.78, 5) is 39.0. The molecule has 4 rings (SSSR count). The van der Waals surface area contributed by atoms with Crippen LogP contribution >= 0.6 is 23.1 Å². The standard InChI is InChI=1S/C19H26N4O2S2/c1-22-7-3-8-23(10-9-22)16(24)6-11-26-12-15-20-18(25)17-13-4-2-5-14(13)27-19(17)21-15/h2-12H2,1H3,(H,20,21,25). The normalized spacial score (nSPS) is 18.0. The topological polar surface area (TPSA) is 69.3 Å². The molecule has 3 heterocycles. The lowest BCUT2D eigenvalue weighted by Crippen LogP contribution is -2.34. The maximum Gasteiger partial charge on any atom is 0.259 e. The van der Waals surface area contributed by atoms with E-state index in [1.807, 2.05) is 4.90 Å². The number of carbonyl (C=O) groups excluding carboxylic acids is 1. The van der Waals surface area contributed by atoms with Gasteiger partial charge in [-0.1, -0.05) is 0 Å². The molecule has 1 aliphatic carbocycles. The maximum atomic E-state index is 12.5. The first-order valence-corrected chi connectivity index (χ1v) is 11.7. The van der Waals surface area contributed by atoms with E-state index in [1.54, 1.807) is 23.1 Å². The summed E-state index contributed by atoms with van der Waals surface area (Å²) in [5.74, 6) is 2.36. The number of H-pyrrole nitrogens is 1. The van der Waals surface area contributed by atoms with E-state index in [1.165, 1.54) is 10.4 Å². The lowest BCUT2D eigenvalue weighted by molar-refractivity contribution is -0.130. The Bertz CT molecular complexity index is 892. The van der Waals surface area contributed by atoms with E-state index in [0.717, 1.165) is 73.7 Å². The van der Waals surface area contributed by atoms with Crippen molar-refractivity contribution in [2.24, 2.45) is 0 Å². The van der Waals surface area contributed by atoms with Crippen molar-refractivity contribution in [3.05, 3.63) is 26.6 Å². The van der Waals surface area contributed by atoms with Crippen LogP contribution in [0.3, 0.4) is 0 Å². The highest BCUT2D eigenvalue weighted by molar-refractivity contribution is 7.98. The molecule has 146 valence electrons. The summed E-state index contributed by atoms with van der Waals surface area (Å²) in [6, 6.07) is 0. The number of carbonyl (C=O) groups is 1. The number of aromatic amines is 1. The summed E-state index contributed by atoms with van der Waals surface area (Å²) >= 11 is 3.34. The second-order valence-corrected chi connectivity index (χ2v) is 9.58. The molecule has 1 amide bonds. The molecule has 0 saturated carbocycles. The zero-order valence-corrected chi connectivity index (χ0v) is 17.4. The fourth-order valence-electron chi connectivity index (χ4n) is 3.90. The molecule has 1 fully saturated rings. The Morgan fingerprint density at radius 3 is 3.00 bits per heavy atom. The van der Waals surface area contributed by atoms with Gasteiger partial charge in [0, 0.05) is 36.7 Å². The van der Waals surface area contributed by atoms with E-state index in [0.29, 0.717) is 12.2 Å². The highest BCUT2D eigenvalue weighted by Gasteiger charge is 2.21. The Balaban J connectivity index is 1.30. The molecule has 1 N–H and O–H groups in total. The second kappa shape index (κ2) is 8.32. The molecule has 2 aromatic rings. The van der Waals surface area contributed by atoms with E-state index in [9.17, 15) is 9.59 Å². The summed E-state index contributed by atoms with van der Waals surface area (Å²) in [5, 5.41) is 0.808. The first kappa shape index (κ1) is 19.0. The molecule has 2 aliphatic rings. The van der Waals surface area contributed by atoms with Crippen molar-refractivity contribution in [2.75, 3.05) is 39.0 Å². The zero-order valence-electron chi connectivity index (χ0n) is 15.8. The van der Waals surface area contributed by atoms with Gasteiger partial charge < -0.3 is 14.8 Å². The van der Waals surface area contributed by atoms with Crippen molar-refractivity contribution in [1.82, 2.24) is 19.8 Å². The molecule has 6 nitrogen and oxygen atoms in total. The van der Waals surface area contributed by atoms with Crippen molar-refractivity contribution in [1.29, 1.82) is 0 Å². The summed E-state index contributed by atoms with van der Waals surface area (Å²) in [6.45, 7) is 3.71. The Labute approximate surface area is 167 Å². The number of fused-ring (bicyclic) bond motifs is 3. The third-order valence-electron chi connectivity index (χ3n) is 5.40. The third-order valence-corrected chi connectivity index (χ3v) is 7.55. The number of thioether (sulfide) groups is 1. The monoisotopic (exact) mass is 406 g/mol. The van der Waals surface area contributed by atoms with Crippen molar-refractivity contribution < 1.29 is 4.79 Å². The number of likely N-dealkylation sites (N-methyl/N-ethyl adjacent to an activating group) is 1. The Morgan fingerprint density at radius 2 is 2.11 bits per heavy atom. The predicted molar refractivity (Wildman–Crippen MR) is 112 cm³/mol. The van der Waals surface area contributed by atoms with Crippen molar-refractivity contribution in [3.63, 3.8) is 0 Å². The molecule has 0 atom stereocenters. The SMILES string of the molecule is CN1CCCN(C(=O)CCSCc2nc3sc4c(c3c(=O)[nH]2)CCC4)CC1. The highest BCUT2D eigenvalue weighted by atomic mass is 32.2. The van der Waals surface area contributed by atoms with Gasteiger partial charge in [-0.05, 0) is 44.8 Å². The highest BCUT2D eigenvalue weighted by Crippen LogP contribution is 2.34. The fourth-order valence-corrected chi connectivity index (χ4v) is 5.97. The van der Waals surface area contributed by atoms with Crippen molar-refractivity contribution in [2.45, 2.75) is 37.9 Å². The van der Waals surface area contributed by atoms with Gasteiger partial charge in [0.15, 0.2) is 0 Å². The molecule has 1 saturated heterocycles. The molecule has 27 heavy (non-hydrogen) atoms. The van der Waals surface area contributed by atoms with Crippen LogP contribution in [0.15, 0.2) is 4.79 Å². The number of rotatable bonds is 5. The van der Waals surface area contributed by atoms with Crippen LogP contribution in [0.5, 0.6) is 0 Å². The Kier molecular flexibility index (Phi) is 5.85. The van der Waals surface area contributed by atoms with Crippen LogP contribution < -0.4 is 5.56 Å². The minimum absolute atomic E-state index is 0.000219. The smallest absolute Gasteiger partial charge is 0.259 e. The van der Waals surface area contributed by atoms with Crippen LogP contribution in [0.25, 0.3) is 10.2 Å². The van der Waals surface area contributed by atoms with Crippen molar-refractivity contribution in [3.8, 4) is 0 Å². The van der Waals surface area contributed by atoms with Crippen LogP contribution in [0.4, 0.5) is 0 Å². The molecule has 0 aromatic carbocycles. The molecule has 8 heteroatoms. The minimum Gasteiger partial charge on any atom is -0.341 e. The number of nitrogens with one attached hydrogen (secondary N) is 1. The first-order valence-electron chi connectivity index (χ1n) is 9.69. The van der Waals surface area contributed by atoms with Crippen LogP contribution in [0.2, 0.25) is 0 Å². The van der Waals surface area contributed by atoms with E-state index < -0.39 is 0 Å². The van der Waals surface area contributed by atoms with Crippen molar-refractivity contribution >= 4 is 39.2 Å². The van der Waals surface area contributed by atoms with Crippen LogP contribution in [-0.4, -0.2) is 64.7 Å². The average molecular weight is 407 g/mol. The Hall–Kier alpha value is -1.38. The molecular weight excluding hydrogens is 380 g/mol. The van der Waals surface area contributed by atoms with Gasteiger partial charge in [0.25, 0.3) is 5.56 Å². The lowest BCUT2D eigenvalue weighted by Gasteiger charge is -2.20. The zero-order chi connectivity index (χ0) is 18.8. The summed E-state index contributed by atoms with van der Waals surface area (Å²) in [7, 11) is 2.11. The minimum atomic E-state index is -0.000219. The largest absolute Gasteiger partial charge is 0.341 e. The van der Waals surface area contributed by atoms with Gasteiger partial charge in [-0.15, -0.1) is 11.3 Å². The number of amides is 1. The molecule has 0 spiro atoms. The molecule has 2 aromatic heterocycles. The summed E-state index contributed by atoms with van der Waals surface area (Å²) in [6.07, 6.45) is 4.83. The van der Waals surface area contributed by atoms with Gasteiger partial charge >= 0.3 is 0 Å². The number of hydrogen-bond acceptors (Lipinski definition) is 6. The predicted octanol–water partition coefficient (Wildman–Crippen LogP) is 2.26. The number of hydrogen-bond donors (Lipinski definition) is 1. The summed E-state index contributed by atoms with van der Waals surface area (Å²) < 4.78 is 0. The quantitative estimate of drug-likeness (QED) is 0.772. The number of nitrogens with zero attached hydrogens (tertiary/aromatic N) is 3. The number of thiophene rings is 1. The number of aryl methyl sites for hydroxylation is 2. The summed E-state index contributed by atoms with van der Waals surface area (Å²) in [5.41, 5.74) is 1.22. The molecular formula is C19H26N4O2S2. The fraction of sp³-hybridized carbons (Fsp3) is 0.632. The molecule has 1 aliphatic heterocycles. The average Bonchev–Trinajstić information content (AvgIpc) is 3.14. The lowest BCUT2D eigenvalue weighted by atomic mass is 10.2. The molecule has 0 unspecified atom stereocenters. The van der Waals surface area contributed by atoms with Gasteiger partial charge in [-0.3, -0.25) is 9.59 Å². The van der Waals surface area contributed by atoms with Gasteiger partial charge in [0.1, 0.15) is 10.7 Å². The number of aromatic nitrogens is 2. The van der Waals surface area contributed by atoms with Gasteiger partial charge in [-0.25, -0.2) is 4.98 Å². The van der Waals surface area contributed by atoms with Crippen LogP contribution in [0, 0.1) is 0 Å². The molecule has 0 bridgehead atoms. The third kappa shape index (κ3) is 4.22. The van der Waals surface area contributed by atoms with Gasteiger partial charge in [-0.2, -0.15) is 11.8 Å². The van der Waals surface area contributed by atoms with E-state index in [-0.39, 0.29) is 11.5 Å².